The minimum absolute atomic E-state index is 0.355. The number of benzene rings is 2. The van der Waals surface area contributed by atoms with E-state index in [2.05, 4.69) is 0 Å². The quantitative estimate of drug-likeness (QED) is 0.679. The Morgan fingerprint density at radius 1 is 0.778 bits per heavy atom. The van der Waals surface area contributed by atoms with Gasteiger partial charge < -0.3 is 0 Å². The van der Waals surface area contributed by atoms with Crippen molar-refractivity contribution in [2.45, 2.75) is 18.8 Å². The van der Waals surface area contributed by atoms with Crippen molar-refractivity contribution in [2.24, 2.45) is 0 Å². The fraction of sp³-hybridized carbons (Fsp3) is 0.200. The molecule has 0 unspecified atom stereocenters. The second-order valence-corrected chi connectivity index (χ2v) is 4.65. The van der Waals surface area contributed by atoms with Crippen molar-refractivity contribution in [3.63, 3.8) is 0 Å². The van der Waals surface area contributed by atoms with Crippen LogP contribution in [-0.2, 0) is 0 Å². The number of halogens is 3. The van der Waals surface area contributed by atoms with E-state index in [4.69, 9.17) is 0 Å². The van der Waals surface area contributed by atoms with Crippen LogP contribution >= 0.6 is 0 Å². The van der Waals surface area contributed by atoms with Gasteiger partial charge in [0.05, 0.1) is 0 Å². The van der Waals surface area contributed by atoms with E-state index in [0.717, 1.165) is 12.1 Å². The molecule has 0 N–H and O–H groups in total. The largest absolute Gasteiger partial charge is 0.204 e. The van der Waals surface area contributed by atoms with Crippen LogP contribution in [0, 0.1) is 17.5 Å². The van der Waals surface area contributed by atoms with Crippen LogP contribution in [0.15, 0.2) is 36.4 Å². The Morgan fingerprint density at radius 3 is 1.83 bits per heavy atom. The van der Waals surface area contributed by atoms with Crippen molar-refractivity contribution in [3.8, 4) is 11.1 Å². The molecular formula is C15H11F3. The van der Waals surface area contributed by atoms with Gasteiger partial charge in [0.25, 0.3) is 0 Å². The molecule has 0 aliphatic heterocycles. The predicted molar refractivity (Wildman–Crippen MR) is 63.7 cm³/mol. The summed E-state index contributed by atoms with van der Waals surface area (Å²) < 4.78 is 39.1. The average molecular weight is 248 g/mol. The summed E-state index contributed by atoms with van der Waals surface area (Å²) in [5.74, 6) is -3.10. The zero-order valence-corrected chi connectivity index (χ0v) is 9.59. The fourth-order valence-electron chi connectivity index (χ4n) is 2.09. The van der Waals surface area contributed by atoms with Crippen molar-refractivity contribution >= 4 is 0 Å². The maximum atomic E-state index is 13.1. The molecule has 1 aliphatic carbocycles. The summed E-state index contributed by atoms with van der Waals surface area (Å²) in [5, 5.41) is 0. The van der Waals surface area contributed by atoms with Crippen LogP contribution in [0.5, 0.6) is 0 Å². The molecule has 2 aromatic rings. The molecule has 0 heterocycles. The van der Waals surface area contributed by atoms with E-state index in [1.54, 1.807) is 0 Å². The number of rotatable bonds is 2. The van der Waals surface area contributed by atoms with Gasteiger partial charge in [-0.1, -0.05) is 24.3 Å². The van der Waals surface area contributed by atoms with Crippen molar-refractivity contribution in [1.29, 1.82) is 0 Å². The summed E-state index contributed by atoms with van der Waals surface area (Å²) in [4.78, 5) is 0. The van der Waals surface area contributed by atoms with Gasteiger partial charge in [-0.05, 0) is 47.6 Å². The maximum absolute atomic E-state index is 13.1. The third-order valence-corrected chi connectivity index (χ3v) is 3.28. The second kappa shape index (κ2) is 4.16. The minimum Gasteiger partial charge on any atom is -0.204 e. The summed E-state index contributed by atoms with van der Waals surface area (Å²) in [6, 6.07) is 9.60. The third kappa shape index (κ3) is 2.01. The molecule has 1 fully saturated rings. The molecule has 0 atom stereocenters. The first-order valence-corrected chi connectivity index (χ1v) is 5.90. The molecule has 0 radical (unpaired) electrons. The SMILES string of the molecule is Fc1cc(-c2ccc(C3CC3)cc2)cc(F)c1F. The molecule has 0 saturated heterocycles. The van der Waals surface area contributed by atoms with E-state index < -0.39 is 17.5 Å². The van der Waals surface area contributed by atoms with Gasteiger partial charge in [0, 0.05) is 0 Å². The highest BCUT2D eigenvalue weighted by molar-refractivity contribution is 5.64. The molecule has 2 aromatic carbocycles. The Balaban J connectivity index is 1.98. The molecule has 0 nitrogen and oxygen atoms in total. The molecule has 18 heavy (non-hydrogen) atoms. The van der Waals surface area contributed by atoms with Gasteiger partial charge in [0.15, 0.2) is 17.5 Å². The Hall–Kier alpha value is -1.77. The smallest absolute Gasteiger partial charge is 0.194 e. The molecular weight excluding hydrogens is 237 g/mol. The standard InChI is InChI=1S/C15H11F3/c16-13-7-12(8-14(17)15(13)18)11-5-3-10(4-6-11)9-1-2-9/h3-9H,1-2H2. The lowest BCUT2D eigenvalue weighted by Gasteiger charge is -2.05. The molecule has 0 spiro atoms. The van der Waals surface area contributed by atoms with Gasteiger partial charge in [0.1, 0.15) is 0 Å². The highest BCUT2D eigenvalue weighted by atomic mass is 19.2. The highest BCUT2D eigenvalue weighted by Crippen LogP contribution is 2.40. The first kappa shape index (κ1) is 11.3. The van der Waals surface area contributed by atoms with Crippen molar-refractivity contribution in [1.82, 2.24) is 0 Å². The van der Waals surface area contributed by atoms with Crippen molar-refractivity contribution in [2.75, 3.05) is 0 Å². The molecule has 92 valence electrons. The molecule has 3 heteroatoms. The molecule has 0 aromatic heterocycles. The fourth-order valence-corrected chi connectivity index (χ4v) is 2.09. The molecule has 1 saturated carbocycles. The van der Waals surface area contributed by atoms with Crippen LogP contribution < -0.4 is 0 Å². The Morgan fingerprint density at radius 2 is 1.33 bits per heavy atom. The van der Waals surface area contributed by atoms with Crippen molar-refractivity contribution < 1.29 is 13.2 Å². The highest BCUT2D eigenvalue weighted by Gasteiger charge is 2.23. The average Bonchev–Trinajstić information content (AvgIpc) is 3.20. The molecule has 1 aliphatic rings. The maximum Gasteiger partial charge on any atom is 0.194 e. The zero-order chi connectivity index (χ0) is 12.7. The van der Waals surface area contributed by atoms with Gasteiger partial charge >= 0.3 is 0 Å². The summed E-state index contributed by atoms with van der Waals surface area (Å²) in [5.41, 5.74) is 2.30. The van der Waals surface area contributed by atoms with Crippen LogP contribution in [0.2, 0.25) is 0 Å². The minimum atomic E-state index is -1.42. The normalized spacial score (nSPS) is 14.8. The monoisotopic (exact) mass is 248 g/mol. The van der Waals surface area contributed by atoms with Crippen molar-refractivity contribution in [3.05, 3.63) is 59.4 Å². The Bertz CT molecular complexity index is 560. The summed E-state index contributed by atoms with van der Waals surface area (Å²) in [6.45, 7) is 0. The lowest BCUT2D eigenvalue weighted by Crippen LogP contribution is -1.92. The zero-order valence-electron chi connectivity index (χ0n) is 9.59. The second-order valence-electron chi connectivity index (χ2n) is 4.65. The van der Waals surface area contributed by atoms with E-state index >= 15 is 0 Å². The predicted octanol–water partition coefficient (Wildman–Crippen LogP) is 4.65. The summed E-state index contributed by atoms with van der Waals surface area (Å²) >= 11 is 0. The third-order valence-electron chi connectivity index (χ3n) is 3.28. The van der Waals surface area contributed by atoms with Gasteiger partial charge in [-0.3, -0.25) is 0 Å². The van der Waals surface area contributed by atoms with Crippen LogP contribution in [0.3, 0.4) is 0 Å². The van der Waals surface area contributed by atoms with E-state index in [9.17, 15) is 13.2 Å². The van der Waals surface area contributed by atoms with Gasteiger partial charge in [-0.15, -0.1) is 0 Å². The van der Waals surface area contributed by atoms with Crippen LogP contribution in [0.4, 0.5) is 13.2 Å². The lowest BCUT2D eigenvalue weighted by atomic mass is 10.0. The Kier molecular flexibility index (Phi) is 2.62. The van der Waals surface area contributed by atoms with Crippen LogP contribution in [0.25, 0.3) is 11.1 Å². The first-order chi connectivity index (χ1) is 8.65. The number of hydrogen-bond acceptors (Lipinski definition) is 0. The van der Waals surface area contributed by atoms with E-state index in [-0.39, 0.29) is 0 Å². The van der Waals surface area contributed by atoms with E-state index in [0.29, 0.717) is 17.0 Å². The van der Waals surface area contributed by atoms with Crippen LogP contribution in [0.1, 0.15) is 24.3 Å². The summed E-state index contributed by atoms with van der Waals surface area (Å²) in [7, 11) is 0. The summed E-state index contributed by atoms with van der Waals surface area (Å²) in [6.07, 6.45) is 2.41. The molecule has 3 rings (SSSR count). The lowest BCUT2D eigenvalue weighted by molar-refractivity contribution is 0.448. The van der Waals surface area contributed by atoms with Gasteiger partial charge in [-0.2, -0.15) is 0 Å². The number of hydrogen-bond donors (Lipinski definition) is 0. The molecule has 0 amide bonds. The Labute approximate surface area is 103 Å². The van der Waals surface area contributed by atoms with Gasteiger partial charge in [-0.25, -0.2) is 13.2 Å². The van der Waals surface area contributed by atoms with E-state index in [1.165, 1.54) is 18.4 Å². The van der Waals surface area contributed by atoms with E-state index in [1.807, 2.05) is 24.3 Å². The van der Waals surface area contributed by atoms with Crippen LogP contribution in [-0.4, -0.2) is 0 Å². The van der Waals surface area contributed by atoms with Gasteiger partial charge in [0.2, 0.25) is 0 Å². The topological polar surface area (TPSA) is 0 Å². The molecule has 0 bridgehead atoms. The first-order valence-electron chi connectivity index (χ1n) is 5.90.